The number of aromatic carboxylic acids is 1. The minimum absolute atomic E-state index is 0.0225. The quantitative estimate of drug-likeness (QED) is 0.305. The molecule has 0 saturated heterocycles. The van der Waals surface area contributed by atoms with Gasteiger partial charge in [0.2, 0.25) is 0 Å². The monoisotopic (exact) mass is 487 g/mol. The van der Waals surface area contributed by atoms with Crippen LogP contribution >= 0.6 is 0 Å². The lowest BCUT2D eigenvalue weighted by Gasteiger charge is -2.18. The highest BCUT2D eigenvalue weighted by atomic mass is 16.5. The van der Waals surface area contributed by atoms with E-state index < -0.39 is 11.9 Å². The number of amides is 2. The van der Waals surface area contributed by atoms with Gasteiger partial charge in [0.05, 0.1) is 11.3 Å². The van der Waals surface area contributed by atoms with Crippen molar-refractivity contribution in [1.29, 1.82) is 0 Å². The zero-order chi connectivity index (χ0) is 25.2. The fourth-order valence-corrected chi connectivity index (χ4v) is 3.85. The maximum Gasteiger partial charge on any atom is 0.335 e. The van der Waals surface area contributed by atoms with E-state index in [0.717, 1.165) is 11.1 Å². The highest BCUT2D eigenvalue weighted by Gasteiger charge is 2.20. The minimum Gasteiger partial charge on any atom is -0.482 e. The van der Waals surface area contributed by atoms with Crippen LogP contribution in [0.2, 0.25) is 0 Å². The van der Waals surface area contributed by atoms with Gasteiger partial charge in [0, 0.05) is 20.1 Å². The van der Waals surface area contributed by atoms with E-state index in [4.69, 9.17) is 9.84 Å². The van der Waals surface area contributed by atoms with Crippen LogP contribution in [-0.4, -0.2) is 49.2 Å². The van der Waals surface area contributed by atoms with Crippen LogP contribution in [0, 0.1) is 0 Å². The number of aromatic nitrogens is 4. The van der Waals surface area contributed by atoms with E-state index in [9.17, 15) is 14.4 Å². The molecule has 36 heavy (non-hydrogen) atoms. The first-order valence-corrected chi connectivity index (χ1v) is 11.0. The van der Waals surface area contributed by atoms with Crippen molar-refractivity contribution in [3.05, 3.63) is 71.2 Å². The zero-order valence-electron chi connectivity index (χ0n) is 19.1. The molecule has 4 aromatic rings. The fourth-order valence-electron chi connectivity index (χ4n) is 3.85. The number of hydrogen-bond acceptors (Lipinski definition) is 8. The molecule has 1 aliphatic heterocycles. The van der Waals surface area contributed by atoms with E-state index in [-0.39, 0.29) is 30.3 Å². The van der Waals surface area contributed by atoms with Crippen molar-refractivity contribution in [1.82, 2.24) is 25.1 Å². The maximum atomic E-state index is 13.0. The molecule has 2 amide bonds. The summed E-state index contributed by atoms with van der Waals surface area (Å²) in [6.07, 6.45) is 1.30. The van der Waals surface area contributed by atoms with Crippen LogP contribution in [-0.2, 0) is 24.9 Å². The number of rotatable bonds is 7. The van der Waals surface area contributed by atoms with Gasteiger partial charge < -0.3 is 25.8 Å². The second kappa shape index (κ2) is 9.33. The summed E-state index contributed by atoms with van der Waals surface area (Å²) in [5.41, 5.74) is 3.51. The molecule has 2 aromatic heterocycles. The number of carbonyl (C=O) groups is 3. The number of carboxylic acids is 1. The molecule has 5 rings (SSSR count). The number of ether oxygens (including phenoxy) is 1. The molecule has 1 aliphatic rings. The molecule has 0 radical (unpaired) electrons. The third-order valence-corrected chi connectivity index (χ3v) is 5.63. The molecular weight excluding hydrogens is 466 g/mol. The molecular formula is C24H21N7O5. The molecule has 2 aromatic carbocycles. The Bertz CT molecular complexity index is 1500. The third-order valence-electron chi connectivity index (χ3n) is 5.63. The summed E-state index contributed by atoms with van der Waals surface area (Å²) in [5, 5.41) is 22.2. The Morgan fingerprint density at radius 2 is 1.89 bits per heavy atom. The van der Waals surface area contributed by atoms with E-state index in [1.165, 1.54) is 23.1 Å². The lowest BCUT2D eigenvalue weighted by molar-refractivity contribution is -0.118. The minimum atomic E-state index is -0.986. The van der Waals surface area contributed by atoms with Gasteiger partial charge in [-0.05, 0) is 35.4 Å². The number of fused-ring (bicyclic) bond motifs is 2. The molecule has 0 atom stereocenters. The van der Waals surface area contributed by atoms with Crippen LogP contribution in [0.1, 0.15) is 32.0 Å². The molecule has 0 unspecified atom stereocenters. The van der Waals surface area contributed by atoms with Crippen molar-refractivity contribution in [3.63, 3.8) is 0 Å². The SMILES string of the molecule is Cn1nc(NCc2ccc(C(=O)O)cc2)c2ncnc(C(=O)NCc3ccc4c(c3)NC(=O)CO4)c21. The molecule has 12 nitrogen and oxygen atoms in total. The van der Waals surface area contributed by atoms with E-state index >= 15 is 0 Å². The van der Waals surface area contributed by atoms with Crippen LogP contribution < -0.4 is 20.7 Å². The number of carboxylic acid groups (broad SMARTS) is 1. The summed E-state index contributed by atoms with van der Waals surface area (Å²) in [5.74, 6) is -0.573. The van der Waals surface area contributed by atoms with Gasteiger partial charge in [-0.1, -0.05) is 18.2 Å². The van der Waals surface area contributed by atoms with Crippen LogP contribution in [0.3, 0.4) is 0 Å². The van der Waals surface area contributed by atoms with Gasteiger partial charge >= 0.3 is 5.97 Å². The number of carbonyl (C=O) groups excluding carboxylic acids is 2. The van der Waals surface area contributed by atoms with Gasteiger partial charge in [-0.2, -0.15) is 5.10 Å². The van der Waals surface area contributed by atoms with E-state index in [0.29, 0.717) is 34.8 Å². The van der Waals surface area contributed by atoms with Crippen LogP contribution in [0.15, 0.2) is 48.8 Å². The van der Waals surface area contributed by atoms with E-state index in [2.05, 4.69) is 31.0 Å². The predicted octanol–water partition coefficient (Wildman–Crippen LogP) is 1.93. The van der Waals surface area contributed by atoms with Crippen molar-refractivity contribution in [2.24, 2.45) is 7.05 Å². The Morgan fingerprint density at radius 1 is 1.11 bits per heavy atom. The molecule has 0 bridgehead atoms. The molecule has 0 saturated carbocycles. The molecule has 0 aliphatic carbocycles. The number of hydrogen-bond donors (Lipinski definition) is 4. The van der Waals surface area contributed by atoms with Crippen molar-refractivity contribution in [2.75, 3.05) is 17.2 Å². The standard InChI is InChI=1S/C24H21N7O5/c1-31-21-19(22(30-31)25-9-13-2-5-15(6-3-13)24(34)35)27-12-28-20(21)23(33)26-10-14-4-7-17-16(8-14)29-18(32)11-36-17/h2-8,12H,9-11H2,1H3,(H,25,30)(H,26,33)(H,29,32)(H,34,35). The largest absolute Gasteiger partial charge is 0.482 e. The van der Waals surface area contributed by atoms with Gasteiger partial charge in [-0.15, -0.1) is 0 Å². The lowest BCUT2D eigenvalue weighted by Crippen LogP contribution is -2.26. The van der Waals surface area contributed by atoms with Crippen molar-refractivity contribution in [3.8, 4) is 5.75 Å². The van der Waals surface area contributed by atoms with E-state index in [1.807, 2.05) is 0 Å². The van der Waals surface area contributed by atoms with Gasteiger partial charge in [0.15, 0.2) is 18.1 Å². The molecule has 182 valence electrons. The highest BCUT2D eigenvalue weighted by Crippen LogP contribution is 2.28. The average Bonchev–Trinajstić information content (AvgIpc) is 3.21. The Kier molecular flexibility index (Phi) is 5.90. The number of aryl methyl sites for hydroxylation is 1. The van der Waals surface area contributed by atoms with Crippen LogP contribution in [0.4, 0.5) is 11.5 Å². The Balaban J connectivity index is 1.31. The fraction of sp³-hybridized carbons (Fsp3) is 0.167. The van der Waals surface area contributed by atoms with Crippen molar-refractivity contribution < 1.29 is 24.2 Å². The first-order chi connectivity index (χ1) is 17.4. The molecule has 3 heterocycles. The predicted molar refractivity (Wildman–Crippen MR) is 129 cm³/mol. The van der Waals surface area contributed by atoms with Gasteiger partial charge in [-0.3, -0.25) is 14.3 Å². The molecule has 12 heteroatoms. The zero-order valence-corrected chi connectivity index (χ0v) is 19.1. The summed E-state index contributed by atoms with van der Waals surface area (Å²) < 4.78 is 6.89. The highest BCUT2D eigenvalue weighted by molar-refractivity contribution is 6.05. The second-order valence-electron chi connectivity index (χ2n) is 8.10. The first-order valence-electron chi connectivity index (χ1n) is 11.0. The second-order valence-corrected chi connectivity index (χ2v) is 8.10. The van der Waals surface area contributed by atoms with Gasteiger partial charge in [0.25, 0.3) is 11.8 Å². The van der Waals surface area contributed by atoms with Crippen molar-refractivity contribution >= 4 is 40.3 Å². The topological polar surface area (TPSA) is 160 Å². The van der Waals surface area contributed by atoms with Gasteiger partial charge in [-0.25, -0.2) is 14.8 Å². The Morgan fingerprint density at radius 3 is 2.67 bits per heavy atom. The Labute approximate surface area is 204 Å². The Hall–Kier alpha value is -5.00. The average molecular weight is 487 g/mol. The van der Waals surface area contributed by atoms with E-state index in [1.54, 1.807) is 37.4 Å². The van der Waals surface area contributed by atoms with Gasteiger partial charge in [0.1, 0.15) is 23.1 Å². The number of nitrogens with one attached hydrogen (secondary N) is 3. The summed E-state index contributed by atoms with van der Waals surface area (Å²) in [4.78, 5) is 44.1. The summed E-state index contributed by atoms with van der Waals surface area (Å²) in [6.45, 7) is 0.574. The summed E-state index contributed by atoms with van der Waals surface area (Å²) in [6, 6.07) is 11.8. The lowest BCUT2D eigenvalue weighted by atomic mass is 10.1. The number of anilines is 2. The van der Waals surface area contributed by atoms with Crippen LogP contribution in [0.5, 0.6) is 5.75 Å². The summed E-state index contributed by atoms with van der Waals surface area (Å²) >= 11 is 0. The van der Waals surface area contributed by atoms with Crippen molar-refractivity contribution in [2.45, 2.75) is 13.1 Å². The molecule has 0 spiro atoms. The van der Waals surface area contributed by atoms with Crippen LogP contribution in [0.25, 0.3) is 11.0 Å². The number of nitrogens with zero attached hydrogens (tertiary/aromatic N) is 4. The molecule has 0 fully saturated rings. The maximum absolute atomic E-state index is 13.0. The first kappa shape index (κ1) is 22.8. The summed E-state index contributed by atoms with van der Waals surface area (Å²) in [7, 11) is 1.70. The third kappa shape index (κ3) is 4.51. The normalized spacial score (nSPS) is 12.4. The number of benzene rings is 2. The smallest absolute Gasteiger partial charge is 0.335 e. The molecule has 4 N–H and O–H groups in total.